The van der Waals surface area contributed by atoms with Gasteiger partial charge in [0, 0.05) is 24.7 Å². The van der Waals surface area contributed by atoms with Crippen molar-refractivity contribution in [3.8, 4) is 0 Å². The van der Waals surface area contributed by atoms with Gasteiger partial charge < -0.3 is 10.6 Å². The van der Waals surface area contributed by atoms with E-state index in [1.165, 1.54) is 6.92 Å². The van der Waals surface area contributed by atoms with Crippen LogP contribution in [0.2, 0.25) is 0 Å². The Morgan fingerprint density at radius 2 is 1.48 bits per heavy atom. The van der Waals surface area contributed by atoms with Crippen LogP contribution >= 0.6 is 0 Å². The fourth-order valence-corrected chi connectivity index (χ4v) is 1.84. The molecule has 0 aromatic heterocycles. The standard InChI is InChI=1S/C13H14N4O4/c1-7(18)14-8-2-4-9(5-3-8)15-11(19)6-10-12(20)16-17-13(10)21/h2-5,10H,6H2,1H3,(H,14,18)(H,15,19)(H,16,20)(H,17,21). The Labute approximate surface area is 120 Å². The summed E-state index contributed by atoms with van der Waals surface area (Å²) in [7, 11) is 0. The van der Waals surface area contributed by atoms with E-state index in [-0.39, 0.29) is 12.3 Å². The molecule has 0 atom stereocenters. The first-order valence-corrected chi connectivity index (χ1v) is 6.23. The van der Waals surface area contributed by atoms with Crippen molar-refractivity contribution in [1.29, 1.82) is 0 Å². The van der Waals surface area contributed by atoms with Crippen LogP contribution in [-0.4, -0.2) is 23.6 Å². The average Bonchev–Trinajstić information content (AvgIpc) is 2.72. The Kier molecular flexibility index (Phi) is 4.17. The van der Waals surface area contributed by atoms with Gasteiger partial charge in [0.1, 0.15) is 5.92 Å². The lowest BCUT2D eigenvalue weighted by atomic mass is 10.1. The molecule has 0 radical (unpaired) electrons. The number of amides is 4. The third-order valence-corrected chi connectivity index (χ3v) is 2.82. The van der Waals surface area contributed by atoms with E-state index >= 15 is 0 Å². The van der Waals surface area contributed by atoms with Gasteiger partial charge in [-0.05, 0) is 24.3 Å². The van der Waals surface area contributed by atoms with Crippen LogP contribution in [0.1, 0.15) is 13.3 Å². The number of nitrogens with one attached hydrogen (secondary N) is 4. The molecule has 1 aromatic carbocycles. The van der Waals surface area contributed by atoms with Crippen molar-refractivity contribution in [3.63, 3.8) is 0 Å². The maximum absolute atomic E-state index is 11.8. The molecule has 0 unspecified atom stereocenters. The largest absolute Gasteiger partial charge is 0.326 e. The van der Waals surface area contributed by atoms with Crippen LogP contribution < -0.4 is 21.5 Å². The molecular formula is C13H14N4O4. The van der Waals surface area contributed by atoms with E-state index in [9.17, 15) is 19.2 Å². The fraction of sp³-hybridized carbons (Fsp3) is 0.231. The predicted octanol–water partition coefficient (Wildman–Crippen LogP) is -0.249. The van der Waals surface area contributed by atoms with E-state index < -0.39 is 23.6 Å². The monoisotopic (exact) mass is 290 g/mol. The molecule has 110 valence electrons. The Hall–Kier alpha value is -2.90. The van der Waals surface area contributed by atoms with Crippen LogP contribution in [0.15, 0.2) is 24.3 Å². The topological polar surface area (TPSA) is 116 Å². The van der Waals surface area contributed by atoms with Crippen LogP contribution in [0.5, 0.6) is 0 Å². The normalized spacial score (nSPS) is 14.3. The molecule has 0 aliphatic carbocycles. The van der Waals surface area contributed by atoms with Gasteiger partial charge in [-0.15, -0.1) is 0 Å². The second kappa shape index (κ2) is 6.04. The lowest BCUT2D eigenvalue weighted by molar-refractivity contribution is -0.131. The quantitative estimate of drug-likeness (QED) is 0.572. The minimum atomic E-state index is -1.01. The molecule has 2 rings (SSSR count). The number of carbonyl (C=O) groups is 4. The number of benzene rings is 1. The van der Waals surface area contributed by atoms with E-state index in [0.717, 1.165) is 0 Å². The molecule has 0 spiro atoms. The number of rotatable bonds is 4. The van der Waals surface area contributed by atoms with E-state index in [4.69, 9.17) is 0 Å². The van der Waals surface area contributed by atoms with Gasteiger partial charge in [0.15, 0.2) is 0 Å². The predicted molar refractivity (Wildman–Crippen MR) is 73.8 cm³/mol. The average molecular weight is 290 g/mol. The SMILES string of the molecule is CC(=O)Nc1ccc(NC(=O)CC2C(=O)NNC2=O)cc1. The summed E-state index contributed by atoms with van der Waals surface area (Å²) in [6.45, 7) is 1.40. The van der Waals surface area contributed by atoms with Crippen LogP contribution in [0.3, 0.4) is 0 Å². The summed E-state index contributed by atoms with van der Waals surface area (Å²) in [6.07, 6.45) is -0.231. The van der Waals surface area contributed by atoms with Crippen molar-refractivity contribution in [2.45, 2.75) is 13.3 Å². The minimum Gasteiger partial charge on any atom is -0.326 e. The Balaban J connectivity index is 1.92. The molecule has 1 aliphatic rings. The van der Waals surface area contributed by atoms with Crippen molar-refractivity contribution >= 4 is 35.0 Å². The summed E-state index contributed by atoms with van der Waals surface area (Å²) in [5.74, 6) is -2.68. The maximum Gasteiger partial charge on any atom is 0.251 e. The van der Waals surface area contributed by atoms with Crippen LogP contribution in [0, 0.1) is 5.92 Å². The first kappa shape index (κ1) is 14.5. The summed E-state index contributed by atoms with van der Waals surface area (Å²) in [5, 5.41) is 5.18. The van der Waals surface area contributed by atoms with Crippen LogP contribution in [0.25, 0.3) is 0 Å². The molecular weight excluding hydrogens is 276 g/mol. The number of carbonyl (C=O) groups excluding carboxylic acids is 4. The van der Waals surface area contributed by atoms with E-state index in [1.807, 2.05) is 0 Å². The third kappa shape index (κ3) is 3.78. The molecule has 0 saturated carbocycles. The number of hydrogen-bond donors (Lipinski definition) is 4. The Morgan fingerprint density at radius 3 is 1.95 bits per heavy atom. The van der Waals surface area contributed by atoms with Crippen molar-refractivity contribution in [2.75, 3.05) is 10.6 Å². The molecule has 1 aliphatic heterocycles. The number of hydrogen-bond acceptors (Lipinski definition) is 4. The van der Waals surface area contributed by atoms with Crippen molar-refractivity contribution in [3.05, 3.63) is 24.3 Å². The van der Waals surface area contributed by atoms with Gasteiger partial charge in [0.2, 0.25) is 11.8 Å². The van der Waals surface area contributed by atoms with Gasteiger partial charge in [0.25, 0.3) is 11.8 Å². The van der Waals surface area contributed by atoms with Crippen LogP contribution in [-0.2, 0) is 19.2 Å². The highest BCUT2D eigenvalue weighted by Gasteiger charge is 2.34. The number of anilines is 2. The summed E-state index contributed by atoms with van der Waals surface area (Å²) in [6, 6.07) is 6.48. The smallest absolute Gasteiger partial charge is 0.251 e. The lowest BCUT2D eigenvalue weighted by Gasteiger charge is -2.08. The molecule has 21 heavy (non-hydrogen) atoms. The fourth-order valence-electron chi connectivity index (χ4n) is 1.84. The Morgan fingerprint density at radius 1 is 1.00 bits per heavy atom. The molecule has 1 heterocycles. The molecule has 1 saturated heterocycles. The molecule has 8 nitrogen and oxygen atoms in total. The van der Waals surface area contributed by atoms with Gasteiger partial charge >= 0.3 is 0 Å². The number of hydrazine groups is 1. The highest BCUT2D eigenvalue weighted by molar-refractivity contribution is 6.08. The summed E-state index contributed by atoms with van der Waals surface area (Å²) >= 11 is 0. The highest BCUT2D eigenvalue weighted by Crippen LogP contribution is 2.15. The second-order valence-electron chi connectivity index (χ2n) is 4.54. The zero-order valence-electron chi connectivity index (χ0n) is 11.2. The van der Waals surface area contributed by atoms with E-state index in [0.29, 0.717) is 11.4 Å². The molecule has 8 heteroatoms. The minimum absolute atomic E-state index is 0.190. The molecule has 1 aromatic rings. The van der Waals surface area contributed by atoms with E-state index in [1.54, 1.807) is 24.3 Å². The highest BCUT2D eigenvalue weighted by atomic mass is 16.2. The summed E-state index contributed by atoms with van der Waals surface area (Å²) < 4.78 is 0. The molecule has 4 N–H and O–H groups in total. The van der Waals surface area contributed by atoms with Crippen molar-refractivity contribution in [2.24, 2.45) is 5.92 Å². The first-order valence-electron chi connectivity index (χ1n) is 6.23. The van der Waals surface area contributed by atoms with Gasteiger partial charge in [-0.2, -0.15) is 0 Å². The van der Waals surface area contributed by atoms with E-state index in [2.05, 4.69) is 21.5 Å². The first-order chi connectivity index (χ1) is 9.95. The van der Waals surface area contributed by atoms with Gasteiger partial charge in [0.05, 0.1) is 0 Å². The van der Waals surface area contributed by atoms with Gasteiger partial charge in [-0.1, -0.05) is 0 Å². The zero-order valence-corrected chi connectivity index (χ0v) is 11.2. The lowest BCUT2D eigenvalue weighted by Crippen LogP contribution is -2.28. The van der Waals surface area contributed by atoms with Crippen molar-refractivity contribution in [1.82, 2.24) is 10.9 Å². The summed E-state index contributed by atoms with van der Waals surface area (Å²) in [5.41, 5.74) is 5.42. The molecule has 1 fully saturated rings. The van der Waals surface area contributed by atoms with Gasteiger partial charge in [-0.25, -0.2) is 0 Å². The van der Waals surface area contributed by atoms with Crippen molar-refractivity contribution < 1.29 is 19.2 Å². The maximum atomic E-state index is 11.8. The van der Waals surface area contributed by atoms with Crippen LogP contribution in [0.4, 0.5) is 11.4 Å². The Bertz CT molecular complexity index is 581. The molecule has 4 amide bonds. The second-order valence-corrected chi connectivity index (χ2v) is 4.54. The molecule has 0 bridgehead atoms. The third-order valence-electron chi connectivity index (χ3n) is 2.82. The van der Waals surface area contributed by atoms with Gasteiger partial charge in [-0.3, -0.25) is 30.0 Å². The zero-order chi connectivity index (χ0) is 15.4. The summed E-state index contributed by atoms with van der Waals surface area (Å²) in [4.78, 5) is 45.3.